The maximum Gasteiger partial charge on any atom is 0.270 e. The van der Waals surface area contributed by atoms with Crippen LogP contribution in [-0.2, 0) is 9.84 Å². The predicted molar refractivity (Wildman–Crippen MR) is 87.1 cm³/mol. The van der Waals surface area contributed by atoms with E-state index in [1.54, 1.807) is 23.1 Å². The predicted octanol–water partition coefficient (Wildman–Crippen LogP) is 2.47. The summed E-state index contributed by atoms with van der Waals surface area (Å²) in [5, 5.41) is 1.51. The van der Waals surface area contributed by atoms with E-state index in [4.69, 9.17) is 11.6 Å². The lowest BCUT2D eigenvalue weighted by Crippen LogP contribution is -2.39. The fraction of sp³-hybridized carbons (Fsp3) is 0.400. The van der Waals surface area contributed by atoms with Crippen molar-refractivity contribution in [3.05, 3.63) is 35.0 Å². The van der Waals surface area contributed by atoms with Crippen molar-refractivity contribution in [3.63, 3.8) is 0 Å². The molecule has 5 nitrogen and oxygen atoms in total. The maximum atomic E-state index is 12.7. The van der Waals surface area contributed by atoms with Crippen LogP contribution in [0.2, 0.25) is 5.02 Å². The third kappa shape index (κ3) is 2.98. The Morgan fingerprint density at radius 3 is 2.86 bits per heavy atom. The number of benzene rings is 1. The lowest BCUT2D eigenvalue weighted by Gasteiger charge is -2.26. The van der Waals surface area contributed by atoms with Gasteiger partial charge in [0.15, 0.2) is 9.84 Å². The lowest BCUT2D eigenvalue weighted by molar-refractivity contribution is 0.0701. The average Bonchev–Trinajstić information content (AvgIpc) is 2.82. The van der Waals surface area contributed by atoms with Crippen molar-refractivity contribution < 1.29 is 13.2 Å². The van der Waals surface area contributed by atoms with E-state index < -0.39 is 9.84 Å². The van der Waals surface area contributed by atoms with Crippen molar-refractivity contribution in [2.75, 3.05) is 18.1 Å². The molecule has 1 aliphatic rings. The van der Waals surface area contributed by atoms with E-state index in [0.717, 1.165) is 10.9 Å². The van der Waals surface area contributed by atoms with Gasteiger partial charge in [0.1, 0.15) is 5.69 Å². The zero-order chi connectivity index (χ0) is 15.9. The normalized spacial score (nSPS) is 21.7. The van der Waals surface area contributed by atoms with Crippen LogP contribution in [0.4, 0.5) is 0 Å². The molecular formula is C15H17ClN2O3S. The number of aromatic nitrogens is 1. The summed E-state index contributed by atoms with van der Waals surface area (Å²) in [6, 6.07) is 7.07. The molecule has 2 aromatic rings. The molecule has 1 unspecified atom stereocenters. The Labute approximate surface area is 134 Å². The average molecular weight is 341 g/mol. The molecule has 1 N–H and O–H groups in total. The first-order valence-electron chi connectivity index (χ1n) is 7.15. The van der Waals surface area contributed by atoms with E-state index >= 15 is 0 Å². The maximum absolute atomic E-state index is 12.7. The Morgan fingerprint density at radius 1 is 1.32 bits per heavy atom. The molecule has 0 aliphatic carbocycles. The smallest absolute Gasteiger partial charge is 0.270 e. The van der Waals surface area contributed by atoms with Crippen LogP contribution < -0.4 is 0 Å². The van der Waals surface area contributed by atoms with Crippen molar-refractivity contribution in [1.82, 2.24) is 9.88 Å². The first kappa shape index (κ1) is 15.4. The minimum absolute atomic E-state index is 0.0230. The van der Waals surface area contributed by atoms with E-state index in [9.17, 15) is 13.2 Å². The number of amides is 1. The molecule has 1 aliphatic heterocycles. The van der Waals surface area contributed by atoms with Crippen LogP contribution in [0.5, 0.6) is 0 Å². The molecule has 1 aromatic carbocycles. The molecule has 0 radical (unpaired) electrons. The molecular weight excluding hydrogens is 324 g/mol. The molecule has 1 amide bonds. The van der Waals surface area contributed by atoms with Gasteiger partial charge in [-0.1, -0.05) is 17.7 Å². The van der Waals surface area contributed by atoms with Crippen LogP contribution in [0, 0.1) is 0 Å². The monoisotopic (exact) mass is 340 g/mol. The molecule has 1 fully saturated rings. The number of hydrogen-bond donors (Lipinski definition) is 1. The van der Waals surface area contributed by atoms with Crippen LogP contribution in [-0.4, -0.2) is 48.3 Å². The SMILES string of the molecule is CC1CCS(=O)(=O)CCN1C(=O)c1cc2ccc(Cl)cc2[nH]1. The van der Waals surface area contributed by atoms with Gasteiger partial charge in [0.05, 0.1) is 11.5 Å². The van der Waals surface area contributed by atoms with E-state index in [-0.39, 0.29) is 30.0 Å². The molecule has 1 saturated heterocycles. The quantitative estimate of drug-likeness (QED) is 0.867. The van der Waals surface area contributed by atoms with Gasteiger partial charge >= 0.3 is 0 Å². The minimum Gasteiger partial charge on any atom is -0.350 e. The van der Waals surface area contributed by atoms with Gasteiger partial charge in [-0.2, -0.15) is 0 Å². The molecule has 0 bridgehead atoms. The zero-order valence-electron chi connectivity index (χ0n) is 12.2. The Hall–Kier alpha value is -1.53. The highest BCUT2D eigenvalue weighted by Crippen LogP contribution is 2.22. The van der Waals surface area contributed by atoms with Crippen molar-refractivity contribution in [2.45, 2.75) is 19.4 Å². The second kappa shape index (κ2) is 5.59. The molecule has 1 atom stereocenters. The number of rotatable bonds is 1. The Bertz CT molecular complexity index is 828. The van der Waals surface area contributed by atoms with Crippen LogP contribution in [0.3, 0.4) is 0 Å². The Morgan fingerprint density at radius 2 is 2.09 bits per heavy atom. The second-order valence-electron chi connectivity index (χ2n) is 5.70. The van der Waals surface area contributed by atoms with Crippen LogP contribution >= 0.6 is 11.6 Å². The van der Waals surface area contributed by atoms with E-state index in [0.29, 0.717) is 17.1 Å². The van der Waals surface area contributed by atoms with Gasteiger partial charge in [0, 0.05) is 28.5 Å². The highest BCUT2D eigenvalue weighted by atomic mass is 35.5. The number of sulfone groups is 1. The van der Waals surface area contributed by atoms with E-state index in [1.165, 1.54) is 0 Å². The number of nitrogens with one attached hydrogen (secondary N) is 1. The Kier molecular flexibility index (Phi) is 3.91. The topological polar surface area (TPSA) is 70.2 Å². The summed E-state index contributed by atoms with van der Waals surface area (Å²) in [5.74, 6) is -0.00742. The fourth-order valence-corrected chi connectivity index (χ4v) is 4.29. The molecule has 1 aromatic heterocycles. The lowest BCUT2D eigenvalue weighted by atomic mass is 10.2. The van der Waals surface area contributed by atoms with Gasteiger partial charge in [-0.3, -0.25) is 4.79 Å². The third-order valence-electron chi connectivity index (χ3n) is 4.10. The Balaban J connectivity index is 1.91. The number of halogens is 1. The number of fused-ring (bicyclic) bond motifs is 1. The molecule has 2 heterocycles. The molecule has 22 heavy (non-hydrogen) atoms. The van der Waals surface area contributed by atoms with Crippen molar-refractivity contribution in [3.8, 4) is 0 Å². The molecule has 0 saturated carbocycles. The first-order chi connectivity index (χ1) is 10.4. The molecule has 3 rings (SSSR count). The van der Waals surface area contributed by atoms with Crippen LogP contribution in [0.25, 0.3) is 10.9 Å². The highest BCUT2D eigenvalue weighted by molar-refractivity contribution is 7.91. The van der Waals surface area contributed by atoms with Gasteiger partial charge in [-0.15, -0.1) is 0 Å². The zero-order valence-corrected chi connectivity index (χ0v) is 13.7. The number of aromatic amines is 1. The number of hydrogen-bond acceptors (Lipinski definition) is 3. The van der Waals surface area contributed by atoms with Crippen LogP contribution in [0.15, 0.2) is 24.3 Å². The van der Waals surface area contributed by atoms with Crippen molar-refractivity contribution in [2.24, 2.45) is 0 Å². The number of H-pyrrole nitrogens is 1. The molecule has 0 spiro atoms. The number of nitrogens with zero attached hydrogens (tertiary/aromatic N) is 1. The van der Waals surface area contributed by atoms with Gasteiger partial charge in [0.25, 0.3) is 5.91 Å². The summed E-state index contributed by atoms with van der Waals surface area (Å²) >= 11 is 5.95. The number of carbonyl (C=O) groups is 1. The third-order valence-corrected chi connectivity index (χ3v) is 6.00. The highest BCUT2D eigenvalue weighted by Gasteiger charge is 2.29. The van der Waals surface area contributed by atoms with E-state index in [2.05, 4.69) is 4.98 Å². The summed E-state index contributed by atoms with van der Waals surface area (Å²) in [4.78, 5) is 17.4. The van der Waals surface area contributed by atoms with E-state index in [1.807, 2.05) is 13.0 Å². The van der Waals surface area contributed by atoms with Crippen molar-refractivity contribution in [1.29, 1.82) is 0 Å². The number of carbonyl (C=O) groups excluding carboxylic acids is 1. The first-order valence-corrected chi connectivity index (χ1v) is 9.35. The van der Waals surface area contributed by atoms with Gasteiger partial charge in [0.2, 0.25) is 0 Å². The fourth-order valence-electron chi connectivity index (χ4n) is 2.74. The summed E-state index contributed by atoms with van der Waals surface area (Å²) in [6.07, 6.45) is 0.472. The molecule has 118 valence electrons. The largest absolute Gasteiger partial charge is 0.350 e. The summed E-state index contributed by atoms with van der Waals surface area (Å²) in [7, 11) is -3.05. The minimum atomic E-state index is -3.05. The standard InChI is InChI=1S/C15H17ClN2O3S/c1-10-4-6-22(20,21)7-5-18(10)15(19)14-8-11-2-3-12(16)9-13(11)17-14/h2-3,8-10,17H,4-7H2,1H3. The van der Waals surface area contributed by atoms with Crippen LogP contribution in [0.1, 0.15) is 23.8 Å². The molecule has 7 heteroatoms. The summed E-state index contributed by atoms with van der Waals surface area (Å²) in [6.45, 7) is 2.12. The second-order valence-corrected chi connectivity index (χ2v) is 8.44. The summed E-state index contributed by atoms with van der Waals surface area (Å²) in [5.41, 5.74) is 1.26. The van der Waals surface area contributed by atoms with Gasteiger partial charge in [-0.05, 0) is 31.5 Å². The van der Waals surface area contributed by atoms with Gasteiger partial charge < -0.3 is 9.88 Å². The van der Waals surface area contributed by atoms with Gasteiger partial charge in [-0.25, -0.2) is 8.42 Å². The summed E-state index contributed by atoms with van der Waals surface area (Å²) < 4.78 is 23.5. The van der Waals surface area contributed by atoms with Crippen molar-refractivity contribution >= 4 is 38.2 Å².